The van der Waals surface area contributed by atoms with Crippen LogP contribution < -0.4 is 5.73 Å². The first-order valence-corrected chi connectivity index (χ1v) is 6.58. The molecule has 0 aromatic carbocycles. The van der Waals surface area contributed by atoms with Gasteiger partial charge in [-0.1, -0.05) is 0 Å². The molecule has 0 saturated heterocycles. The summed E-state index contributed by atoms with van der Waals surface area (Å²) in [5.74, 6) is -0.166. The highest BCUT2D eigenvalue weighted by molar-refractivity contribution is 7.16. The first-order valence-electron chi connectivity index (χ1n) is 5.77. The van der Waals surface area contributed by atoms with Gasteiger partial charge in [-0.05, 0) is 38.2 Å². The maximum absolute atomic E-state index is 11.5. The molecule has 1 aliphatic rings. The maximum atomic E-state index is 11.5. The maximum Gasteiger partial charge on any atom is 0.310 e. The van der Waals surface area contributed by atoms with E-state index in [1.54, 1.807) is 11.3 Å². The number of aryl methyl sites for hydroxylation is 1. The summed E-state index contributed by atoms with van der Waals surface area (Å²) in [4.78, 5) is 12.9. The van der Waals surface area contributed by atoms with Crippen LogP contribution in [0, 0.1) is 0 Å². The largest absolute Gasteiger partial charge is 0.466 e. The number of nitrogens with two attached hydrogens (primary N) is 1. The lowest BCUT2D eigenvalue weighted by Crippen LogP contribution is -2.11. The molecule has 1 heterocycles. The van der Waals surface area contributed by atoms with E-state index in [1.165, 1.54) is 23.3 Å². The molecule has 0 unspecified atom stereocenters. The van der Waals surface area contributed by atoms with Gasteiger partial charge in [-0.25, -0.2) is 0 Å². The number of carbonyl (C=O) groups excluding carboxylic acids is 1. The number of hydrogen-bond acceptors (Lipinski definition) is 4. The summed E-state index contributed by atoms with van der Waals surface area (Å²) in [7, 11) is 0. The third-order valence-electron chi connectivity index (χ3n) is 2.94. The Morgan fingerprint density at radius 1 is 1.44 bits per heavy atom. The zero-order valence-electron chi connectivity index (χ0n) is 9.54. The van der Waals surface area contributed by atoms with Crippen molar-refractivity contribution in [3.8, 4) is 0 Å². The molecule has 1 aliphatic carbocycles. The second-order valence-electron chi connectivity index (χ2n) is 4.04. The third kappa shape index (κ3) is 2.21. The number of ether oxygens (including phenoxy) is 1. The molecule has 88 valence electrons. The van der Waals surface area contributed by atoms with E-state index in [2.05, 4.69) is 0 Å². The Bertz CT molecular complexity index is 398. The van der Waals surface area contributed by atoms with Crippen molar-refractivity contribution in [3.05, 3.63) is 16.0 Å². The summed E-state index contributed by atoms with van der Waals surface area (Å²) in [6.07, 6.45) is 4.97. The minimum atomic E-state index is -0.166. The number of esters is 1. The van der Waals surface area contributed by atoms with Gasteiger partial charge in [-0.2, -0.15) is 0 Å². The molecule has 0 fully saturated rings. The van der Waals surface area contributed by atoms with E-state index in [4.69, 9.17) is 10.5 Å². The Labute approximate surface area is 99.6 Å². The molecular formula is C12H17NO2S. The van der Waals surface area contributed by atoms with Gasteiger partial charge in [0.15, 0.2) is 0 Å². The molecule has 0 amide bonds. The number of rotatable bonds is 3. The van der Waals surface area contributed by atoms with Crippen molar-refractivity contribution in [2.24, 2.45) is 0 Å². The van der Waals surface area contributed by atoms with Crippen LogP contribution in [0.2, 0.25) is 0 Å². The molecule has 0 spiro atoms. The van der Waals surface area contributed by atoms with Crippen LogP contribution in [-0.4, -0.2) is 12.6 Å². The molecule has 2 rings (SSSR count). The second kappa shape index (κ2) is 4.87. The molecule has 2 N–H and O–H groups in total. The smallest absolute Gasteiger partial charge is 0.310 e. The number of fused-ring (bicyclic) bond motifs is 1. The van der Waals surface area contributed by atoms with Crippen LogP contribution in [0.15, 0.2) is 0 Å². The number of anilines is 1. The second-order valence-corrected chi connectivity index (χ2v) is 5.17. The zero-order chi connectivity index (χ0) is 11.5. The quantitative estimate of drug-likeness (QED) is 0.823. The first kappa shape index (κ1) is 11.5. The SMILES string of the molecule is CCOC(=O)Cc1c(N)sc2c1CCCC2. The van der Waals surface area contributed by atoms with Crippen LogP contribution in [0.4, 0.5) is 5.00 Å². The lowest BCUT2D eigenvalue weighted by atomic mass is 9.94. The van der Waals surface area contributed by atoms with Crippen molar-refractivity contribution in [1.82, 2.24) is 0 Å². The summed E-state index contributed by atoms with van der Waals surface area (Å²) in [5.41, 5.74) is 8.32. The fourth-order valence-corrected chi connectivity index (χ4v) is 3.38. The van der Waals surface area contributed by atoms with E-state index in [0.717, 1.165) is 23.4 Å². The van der Waals surface area contributed by atoms with E-state index in [0.29, 0.717) is 13.0 Å². The minimum Gasteiger partial charge on any atom is -0.466 e. The summed E-state index contributed by atoms with van der Waals surface area (Å²) in [6.45, 7) is 2.26. The van der Waals surface area contributed by atoms with Gasteiger partial charge >= 0.3 is 5.97 Å². The van der Waals surface area contributed by atoms with Gasteiger partial charge in [-0.3, -0.25) is 4.79 Å². The topological polar surface area (TPSA) is 52.3 Å². The van der Waals surface area contributed by atoms with Gasteiger partial charge in [-0.15, -0.1) is 11.3 Å². The Morgan fingerprint density at radius 3 is 2.94 bits per heavy atom. The molecule has 0 radical (unpaired) electrons. The minimum absolute atomic E-state index is 0.166. The average Bonchev–Trinajstić information content (AvgIpc) is 2.56. The number of carbonyl (C=O) groups is 1. The van der Waals surface area contributed by atoms with Crippen LogP contribution in [-0.2, 0) is 28.8 Å². The van der Waals surface area contributed by atoms with Gasteiger partial charge in [0, 0.05) is 10.4 Å². The normalized spacial score (nSPS) is 14.6. The van der Waals surface area contributed by atoms with Crippen molar-refractivity contribution >= 4 is 22.3 Å². The molecule has 1 aromatic rings. The highest BCUT2D eigenvalue weighted by Gasteiger charge is 2.21. The molecule has 3 nitrogen and oxygen atoms in total. The summed E-state index contributed by atoms with van der Waals surface area (Å²) in [6, 6.07) is 0. The van der Waals surface area contributed by atoms with Crippen LogP contribution in [0.5, 0.6) is 0 Å². The molecule has 0 aliphatic heterocycles. The first-order chi connectivity index (χ1) is 7.72. The number of thiophene rings is 1. The highest BCUT2D eigenvalue weighted by atomic mass is 32.1. The van der Waals surface area contributed by atoms with E-state index in [1.807, 2.05) is 6.92 Å². The molecular weight excluding hydrogens is 222 g/mol. The lowest BCUT2D eigenvalue weighted by molar-refractivity contribution is -0.142. The Morgan fingerprint density at radius 2 is 2.19 bits per heavy atom. The van der Waals surface area contributed by atoms with Gasteiger partial charge in [0.05, 0.1) is 18.0 Å². The van der Waals surface area contributed by atoms with Crippen LogP contribution in [0.25, 0.3) is 0 Å². The fraction of sp³-hybridized carbons (Fsp3) is 0.583. The zero-order valence-corrected chi connectivity index (χ0v) is 10.4. The van der Waals surface area contributed by atoms with Gasteiger partial charge in [0.25, 0.3) is 0 Å². The third-order valence-corrected chi connectivity index (χ3v) is 4.10. The number of nitrogen functional groups attached to an aromatic ring is 1. The van der Waals surface area contributed by atoms with Crippen LogP contribution in [0.3, 0.4) is 0 Å². The predicted molar refractivity (Wildman–Crippen MR) is 65.7 cm³/mol. The van der Waals surface area contributed by atoms with Crippen molar-refractivity contribution in [2.75, 3.05) is 12.3 Å². The van der Waals surface area contributed by atoms with Gasteiger partial charge < -0.3 is 10.5 Å². The van der Waals surface area contributed by atoms with Crippen LogP contribution >= 0.6 is 11.3 Å². The monoisotopic (exact) mass is 239 g/mol. The Kier molecular flexibility index (Phi) is 3.49. The average molecular weight is 239 g/mol. The molecule has 4 heteroatoms. The summed E-state index contributed by atoms with van der Waals surface area (Å²) in [5, 5.41) is 0.806. The van der Waals surface area contributed by atoms with Crippen molar-refractivity contribution < 1.29 is 9.53 Å². The van der Waals surface area contributed by atoms with Gasteiger partial charge in [0.1, 0.15) is 0 Å². The molecule has 1 aromatic heterocycles. The van der Waals surface area contributed by atoms with E-state index in [9.17, 15) is 4.79 Å². The van der Waals surface area contributed by atoms with Gasteiger partial charge in [0.2, 0.25) is 0 Å². The van der Waals surface area contributed by atoms with E-state index >= 15 is 0 Å². The van der Waals surface area contributed by atoms with Crippen molar-refractivity contribution in [3.63, 3.8) is 0 Å². The number of hydrogen-bond donors (Lipinski definition) is 1. The highest BCUT2D eigenvalue weighted by Crippen LogP contribution is 2.36. The molecule has 0 bridgehead atoms. The van der Waals surface area contributed by atoms with Crippen LogP contribution in [0.1, 0.15) is 35.8 Å². The fourth-order valence-electron chi connectivity index (χ4n) is 2.20. The standard InChI is InChI=1S/C12H17NO2S/c1-2-15-11(14)7-9-8-5-3-4-6-10(8)16-12(9)13/h2-7,13H2,1H3. The predicted octanol–water partition coefficient (Wildman–Crippen LogP) is 2.31. The van der Waals surface area contributed by atoms with Crippen molar-refractivity contribution in [1.29, 1.82) is 0 Å². The molecule has 0 atom stereocenters. The van der Waals surface area contributed by atoms with E-state index < -0.39 is 0 Å². The summed E-state index contributed by atoms with van der Waals surface area (Å²) >= 11 is 1.65. The van der Waals surface area contributed by atoms with E-state index in [-0.39, 0.29) is 5.97 Å². The molecule has 16 heavy (non-hydrogen) atoms. The van der Waals surface area contributed by atoms with Crippen molar-refractivity contribution in [2.45, 2.75) is 39.0 Å². The Hall–Kier alpha value is -1.03. The molecule has 0 saturated carbocycles. The Balaban J connectivity index is 2.19. The lowest BCUT2D eigenvalue weighted by Gasteiger charge is -2.12. The summed E-state index contributed by atoms with van der Waals surface area (Å²) < 4.78 is 4.97.